The number of aromatic amines is 1. The second kappa shape index (κ2) is 8.15. The number of fused-ring (bicyclic) bond motifs is 1. The number of aliphatic carboxylic acids is 2. The summed E-state index contributed by atoms with van der Waals surface area (Å²) >= 11 is 3.33. The predicted octanol–water partition coefficient (Wildman–Crippen LogP) is 2.82. The first-order valence-corrected chi connectivity index (χ1v) is 5.88. The maximum Gasteiger partial charge on any atom is 0.300 e. The highest BCUT2D eigenvalue weighted by molar-refractivity contribution is 9.10. The van der Waals surface area contributed by atoms with E-state index in [4.69, 9.17) is 19.8 Å². The number of nitrogens with one attached hydrogen (secondary N) is 1. The minimum absolute atomic E-state index is 0.293. The van der Waals surface area contributed by atoms with E-state index in [2.05, 4.69) is 20.9 Å². The summed E-state index contributed by atoms with van der Waals surface area (Å²) in [6.45, 7) is 2.17. The number of aromatic nitrogens is 1. The van der Waals surface area contributed by atoms with Crippen LogP contribution >= 0.6 is 15.9 Å². The highest BCUT2D eigenvalue weighted by atomic mass is 79.9. The molecule has 1 aromatic carbocycles. The van der Waals surface area contributed by atoms with Gasteiger partial charge in [-0.15, -0.1) is 0 Å². The lowest BCUT2D eigenvalue weighted by molar-refractivity contribution is -0.135. The number of carboxylic acid groups (broad SMARTS) is 2. The van der Waals surface area contributed by atoms with Crippen molar-refractivity contribution in [2.45, 2.75) is 13.8 Å². The number of carboxylic acids is 2. The van der Waals surface area contributed by atoms with Crippen LogP contribution in [0.1, 0.15) is 13.8 Å². The van der Waals surface area contributed by atoms with Crippen molar-refractivity contribution in [3.05, 3.63) is 28.9 Å². The van der Waals surface area contributed by atoms with Gasteiger partial charge in [0.15, 0.2) is 0 Å². The van der Waals surface area contributed by atoms with Crippen molar-refractivity contribution in [2.75, 3.05) is 0 Å². The first-order chi connectivity index (χ1) is 8.73. The van der Waals surface area contributed by atoms with Gasteiger partial charge in [-0.05, 0) is 18.2 Å². The van der Waals surface area contributed by atoms with Gasteiger partial charge < -0.3 is 20.3 Å². The first-order valence-electron chi connectivity index (χ1n) is 5.08. The van der Waals surface area contributed by atoms with Crippen molar-refractivity contribution in [1.82, 2.24) is 4.98 Å². The van der Waals surface area contributed by atoms with Crippen LogP contribution in [0.15, 0.2) is 28.9 Å². The Morgan fingerprint density at radius 2 is 1.63 bits per heavy atom. The molecule has 19 heavy (non-hydrogen) atoms. The zero-order valence-corrected chi connectivity index (χ0v) is 11.9. The lowest BCUT2D eigenvalue weighted by atomic mass is 10.2. The van der Waals surface area contributed by atoms with Crippen LogP contribution in [0.4, 0.5) is 0 Å². The van der Waals surface area contributed by atoms with E-state index in [0.717, 1.165) is 29.2 Å². The number of benzene rings is 1. The molecule has 0 saturated carbocycles. The largest absolute Gasteiger partial charge is 0.506 e. The van der Waals surface area contributed by atoms with Crippen molar-refractivity contribution in [3.8, 4) is 5.75 Å². The molecule has 4 N–H and O–H groups in total. The number of rotatable bonds is 0. The van der Waals surface area contributed by atoms with Gasteiger partial charge in [-0.25, -0.2) is 0 Å². The van der Waals surface area contributed by atoms with Gasteiger partial charge in [0.25, 0.3) is 11.9 Å². The summed E-state index contributed by atoms with van der Waals surface area (Å²) in [5, 5.41) is 25.0. The van der Waals surface area contributed by atoms with Crippen LogP contribution < -0.4 is 0 Å². The quantitative estimate of drug-likeness (QED) is 0.593. The number of hydrogen-bond acceptors (Lipinski definition) is 3. The van der Waals surface area contributed by atoms with Crippen LogP contribution in [0.2, 0.25) is 0 Å². The van der Waals surface area contributed by atoms with Gasteiger partial charge in [-0.2, -0.15) is 0 Å². The Labute approximate surface area is 117 Å². The number of H-pyrrole nitrogens is 1. The molecule has 2 rings (SSSR count). The standard InChI is InChI=1S/C8H6BrNO.2C2H4O2/c9-5-1-2-7-6(3-5)8(11)4-10-7;2*1-2(3)4/h1-4,10-11H;2*1H3,(H,3,4). The monoisotopic (exact) mass is 331 g/mol. The minimum Gasteiger partial charge on any atom is -0.506 e. The number of carbonyl (C=O) groups is 2. The van der Waals surface area contributed by atoms with Crippen molar-refractivity contribution in [3.63, 3.8) is 0 Å². The number of hydrogen-bond donors (Lipinski definition) is 4. The molecule has 1 aromatic heterocycles. The van der Waals surface area contributed by atoms with E-state index >= 15 is 0 Å². The molecule has 2 aromatic rings. The summed E-state index contributed by atoms with van der Waals surface area (Å²) in [5.74, 6) is -1.37. The van der Waals surface area contributed by atoms with Crippen LogP contribution in [-0.4, -0.2) is 32.2 Å². The van der Waals surface area contributed by atoms with E-state index in [1.165, 1.54) is 0 Å². The number of aromatic hydroxyl groups is 1. The van der Waals surface area contributed by atoms with E-state index in [0.29, 0.717) is 5.75 Å². The molecule has 0 aliphatic heterocycles. The topological polar surface area (TPSA) is 111 Å². The van der Waals surface area contributed by atoms with Gasteiger partial charge >= 0.3 is 0 Å². The van der Waals surface area contributed by atoms with Crippen LogP contribution in [0.25, 0.3) is 10.9 Å². The second-order valence-electron chi connectivity index (χ2n) is 3.40. The average Bonchev–Trinajstić information content (AvgIpc) is 2.59. The third-order valence-electron chi connectivity index (χ3n) is 1.62. The van der Waals surface area contributed by atoms with Crippen molar-refractivity contribution in [1.29, 1.82) is 0 Å². The van der Waals surface area contributed by atoms with Gasteiger partial charge in [0.2, 0.25) is 0 Å². The lowest BCUT2D eigenvalue weighted by Gasteiger charge is -1.90. The SMILES string of the molecule is CC(=O)O.CC(=O)O.Oc1c[nH]c2ccc(Br)cc12. The minimum atomic E-state index is -0.833. The molecule has 1 heterocycles. The summed E-state index contributed by atoms with van der Waals surface area (Å²) in [6.07, 6.45) is 1.58. The smallest absolute Gasteiger partial charge is 0.300 e. The average molecular weight is 332 g/mol. The van der Waals surface area contributed by atoms with Gasteiger partial charge in [0.05, 0.1) is 0 Å². The molecule has 0 saturated heterocycles. The molecule has 0 fully saturated rings. The van der Waals surface area contributed by atoms with Crippen LogP contribution in [-0.2, 0) is 9.59 Å². The van der Waals surface area contributed by atoms with Crippen LogP contribution in [0.5, 0.6) is 5.75 Å². The molecule has 0 radical (unpaired) electrons. The van der Waals surface area contributed by atoms with Crippen molar-refractivity contribution in [2.24, 2.45) is 0 Å². The predicted molar refractivity (Wildman–Crippen MR) is 74.3 cm³/mol. The first kappa shape index (κ1) is 17.0. The van der Waals surface area contributed by atoms with Crippen LogP contribution in [0, 0.1) is 0 Å². The fourth-order valence-corrected chi connectivity index (χ4v) is 1.44. The fraction of sp³-hybridized carbons (Fsp3) is 0.167. The third-order valence-corrected chi connectivity index (χ3v) is 2.12. The maximum atomic E-state index is 9.28. The molecule has 0 bridgehead atoms. The van der Waals surface area contributed by atoms with Crippen LogP contribution in [0.3, 0.4) is 0 Å². The molecule has 104 valence electrons. The Balaban J connectivity index is 0.000000342. The zero-order chi connectivity index (χ0) is 15.0. The van der Waals surface area contributed by atoms with Crippen molar-refractivity contribution < 1.29 is 24.9 Å². The fourth-order valence-electron chi connectivity index (χ4n) is 1.08. The van der Waals surface area contributed by atoms with Gasteiger partial charge in [-0.1, -0.05) is 15.9 Å². The maximum absolute atomic E-state index is 9.28. The summed E-state index contributed by atoms with van der Waals surface area (Å²) in [5.41, 5.74) is 0.950. The molecular weight excluding hydrogens is 318 g/mol. The molecule has 0 spiro atoms. The normalized spacial score (nSPS) is 8.79. The number of halogens is 1. The third kappa shape index (κ3) is 7.82. The molecule has 0 unspecified atom stereocenters. The molecule has 7 heteroatoms. The molecule has 0 atom stereocenters. The van der Waals surface area contributed by atoms with Gasteiger partial charge in [-0.3, -0.25) is 9.59 Å². The Morgan fingerprint density at radius 3 is 2.11 bits per heavy atom. The Morgan fingerprint density at radius 1 is 1.16 bits per heavy atom. The van der Waals surface area contributed by atoms with E-state index in [9.17, 15) is 5.11 Å². The van der Waals surface area contributed by atoms with E-state index in [-0.39, 0.29) is 0 Å². The second-order valence-corrected chi connectivity index (χ2v) is 4.32. The van der Waals surface area contributed by atoms with E-state index < -0.39 is 11.9 Å². The van der Waals surface area contributed by atoms with E-state index in [1.807, 2.05) is 18.2 Å². The van der Waals surface area contributed by atoms with E-state index in [1.54, 1.807) is 6.20 Å². The molecule has 0 amide bonds. The Hall–Kier alpha value is -2.02. The Bertz CT molecular complexity index is 544. The highest BCUT2D eigenvalue weighted by Crippen LogP contribution is 2.26. The molecular formula is C12H14BrNO5. The Kier molecular flexibility index (Phi) is 7.28. The van der Waals surface area contributed by atoms with Crippen molar-refractivity contribution >= 4 is 38.8 Å². The molecule has 0 aliphatic carbocycles. The summed E-state index contributed by atoms with van der Waals surface area (Å²) in [4.78, 5) is 20.9. The molecule has 0 aliphatic rings. The zero-order valence-electron chi connectivity index (χ0n) is 10.3. The van der Waals surface area contributed by atoms with Gasteiger partial charge in [0.1, 0.15) is 5.75 Å². The lowest BCUT2D eigenvalue weighted by Crippen LogP contribution is -1.78. The summed E-state index contributed by atoms with van der Waals surface area (Å²) < 4.78 is 0.972. The highest BCUT2D eigenvalue weighted by Gasteiger charge is 2.00. The molecule has 6 nitrogen and oxygen atoms in total. The summed E-state index contributed by atoms with van der Waals surface area (Å²) in [6, 6.07) is 5.72. The van der Waals surface area contributed by atoms with Gasteiger partial charge in [0, 0.05) is 35.4 Å². The summed E-state index contributed by atoms with van der Waals surface area (Å²) in [7, 11) is 0.